The van der Waals surface area contributed by atoms with E-state index in [1.165, 1.54) is 0 Å². The van der Waals surface area contributed by atoms with Gasteiger partial charge in [-0.05, 0) is 38.1 Å². The zero-order valence-electron chi connectivity index (χ0n) is 20.7. The standard InChI is InChI=1S/C26H29NO11/c1-27-9-8-25-21-13-2-3-14(12-28)22(21)38-23(25)15(6-7-26(25,35)17(27)10-13)36-19(31)4-5-20(32)37-16(24(33)34)11-18(29)30/h2-3,6,16-17,23,28,35H,4-5,7-12H2,1H3,(H,29,30)(H,33,34)/t16-,17+,23?,25?,26+/m0/s1. The molecule has 2 heterocycles. The first-order chi connectivity index (χ1) is 18.0. The summed E-state index contributed by atoms with van der Waals surface area (Å²) in [5, 5.41) is 39.9. The predicted molar refractivity (Wildman–Crippen MR) is 126 cm³/mol. The average Bonchev–Trinajstić information content (AvgIpc) is 3.21. The zero-order valence-corrected chi connectivity index (χ0v) is 20.7. The molecule has 2 aliphatic heterocycles. The van der Waals surface area contributed by atoms with Crippen LogP contribution in [0.5, 0.6) is 5.75 Å². The molecule has 0 aromatic heterocycles. The number of esters is 2. The van der Waals surface area contributed by atoms with Gasteiger partial charge < -0.3 is 39.5 Å². The number of likely N-dealkylation sites (N-methyl/N-ethyl adjacent to an activating group) is 1. The van der Waals surface area contributed by atoms with Gasteiger partial charge in [0.2, 0.25) is 6.10 Å². The number of aliphatic hydroxyl groups is 2. The second-order valence-electron chi connectivity index (χ2n) is 10.3. The maximum absolute atomic E-state index is 12.7. The van der Waals surface area contributed by atoms with Gasteiger partial charge in [-0.3, -0.25) is 14.4 Å². The van der Waals surface area contributed by atoms with E-state index in [2.05, 4.69) is 9.64 Å². The second kappa shape index (κ2) is 9.37. The van der Waals surface area contributed by atoms with Crippen LogP contribution >= 0.6 is 0 Å². The van der Waals surface area contributed by atoms with Crippen LogP contribution in [0.1, 0.15) is 48.8 Å². The first-order valence-corrected chi connectivity index (χ1v) is 12.4. The quantitative estimate of drug-likeness (QED) is 0.320. The van der Waals surface area contributed by atoms with Gasteiger partial charge >= 0.3 is 23.9 Å². The minimum Gasteiger partial charge on any atom is -0.481 e. The molecule has 1 fully saturated rings. The number of likely N-dealkylation sites (tertiary alicyclic amines) is 1. The summed E-state index contributed by atoms with van der Waals surface area (Å²) in [5.74, 6) is -4.18. The zero-order chi connectivity index (χ0) is 27.4. The van der Waals surface area contributed by atoms with Crippen molar-refractivity contribution in [2.45, 2.75) is 74.4 Å². The smallest absolute Gasteiger partial charge is 0.345 e. The van der Waals surface area contributed by atoms with Gasteiger partial charge in [-0.1, -0.05) is 12.1 Å². The Morgan fingerprint density at radius 3 is 2.61 bits per heavy atom. The SMILES string of the molecule is CN1CCC23c4c5ccc(CO)c4OC2C(OC(=O)CCC(=O)O[C@@H](CC(=O)O)C(=O)O)=CC[C@@]3(O)[C@H]1C5. The van der Waals surface area contributed by atoms with Crippen LogP contribution in [0.2, 0.25) is 0 Å². The lowest BCUT2D eigenvalue weighted by Crippen LogP contribution is -2.74. The van der Waals surface area contributed by atoms with Gasteiger partial charge in [-0.15, -0.1) is 0 Å². The van der Waals surface area contributed by atoms with Gasteiger partial charge in [0, 0.05) is 23.6 Å². The normalized spacial score (nSPS) is 29.4. The van der Waals surface area contributed by atoms with E-state index in [9.17, 15) is 29.4 Å². The molecule has 0 radical (unpaired) electrons. The van der Waals surface area contributed by atoms with Crippen LogP contribution < -0.4 is 4.74 Å². The summed E-state index contributed by atoms with van der Waals surface area (Å²) in [5.41, 5.74) is 0.379. The number of hydrogen-bond acceptors (Lipinski definition) is 10. The van der Waals surface area contributed by atoms with E-state index >= 15 is 0 Å². The molecule has 4 aliphatic rings. The molecular weight excluding hydrogens is 502 g/mol. The number of carboxylic acid groups (broad SMARTS) is 2. The molecule has 0 amide bonds. The molecule has 1 spiro atoms. The van der Waals surface area contributed by atoms with Crippen molar-refractivity contribution in [1.82, 2.24) is 4.90 Å². The van der Waals surface area contributed by atoms with Crippen molar-refractivity contribution in [3.05, 3.63) is 40.7 Å². The van der Waals surface area contributed by atoms with Crippen LogP contribution in [0, 0.1) is 0 Å². The Morgan fingerprint density at radius 2 is 1.92 bits per heavy atom. The summed E-state index contributed by atoms with van der Waals surface area (Å²) >= 11 is 0. The third-order valence-corrected chi connectivity index (χ3v) is 8.30. The van der Waals surface area contributed by atoms with Crippen LogP contribution in [-0.2, 0) is 47.1 Å². The van der Waals surface area contributed by atoms with Crippen LogP contribution in [0.4, 0.5) is 0 Å². The molecule has 5 atom stereocenters. The summed E-state index contributed by atoms with van der Waals surface area (Å²) < 4.78 is 16.7. The number of benzene rings is 1. The molecule has 12 nitrogen and oxygen atoms in total. The molecule has 204 valence electrons. The van der Waals surface area contributed by atoms with Gasteiger partial charge in [-0.25, -0.2) is 4.79 Å². The van der Waals surface area contributed by atoms with Gasteiger partial charge in [0.05, 0.1) is 36.9 Å². The first kappa shape index (κ1) is 26.1. The maximum Gasteiger partial charge on any atom is 0.345 e. The number of hydrogen-bond donors (Lipinski definition) is 4. The number of nitrogens with zero attached hydrogens (tertiary/aromatic N) is 1. The van der Waals surface area contributed by atoms with Crippen LogP contribution in [-0.4, -0.2) is 86.6 Å². The molecule has 4 N–H and O–H groups in total. The van der Waals surface area contributed by atoms with E-state index < -0.39 is 66.4 Å². The Kier molecular flexibility index (Phi) is 6.44. The van der Waals surface area contributed by atoms with E-state index in [-0.39, 0.29) is 24.8 Å². The molecule has 1 saturated heterocycles. The minimum absolute atomic E-state index is 0.183. The fraction of sp³-hybridized carbons (Fsp3) is 0.538. The molecule has 5 rings (SSSR count). The van der Waals surface area contributed by atoms with Crippen molar-refractivity contribution in [3.63, 3.8) is 0 Å². The molecule has 12 heteroatoms. The van der Waals surface area contributed by atoms with E-state index in [1.54, 1.807) is 12.1 Å². The topological polar surface area (TPSA) is 180 Å². The fourth-order valence-corrected chi connectivity index (χ4v) is 6.57. The summed E-state index contributed by atoms with van der Waals surface area (Å²) in [6.07, 6.45) is -1.54. The monoisotopic (exact) mass is 531 g/mol. The first-order valence-electron chi connectivity index (χ1n) is 12.4. The van der Waals surface area contributed by atoms with Crippen molar-refractivity contribution in [2.24, 2.45) is 0 Å². The van der Waals surface area contributed by atoms with Gasteiger partial charge in [0.25, 0.3) is 0 Å². The van der Waals surface area contributed by atoms with E-state index in [1.807, 2.05) is 13.1 Å². The third-order valence-electron chi connectivity index (χ3n) is 8.30. The van der Waals surface area contributed by atoms with Gasteiger partial charge in [-0.2, -0.15) is 0 Å². The summed E-state index contributed by atoms with van der Waals surface area (Å²) in [6, 6.07) is 3.57. The Morgan fingerprint density at radius 1 is 1.18 bits per heavy atom. The third kappa shape index (κ3) is 3.86. The second-order valence-corrected chi connectivity index (χ2v) is 10.3. The highest BCUT2D eigenvalue weighted by atomic mass is 16.6. The highest BCUT2D eigenvalue weighted by Crippen LogP contribution is 2.64. The lowest BCUT2D eigenvalue weighted by molar-refractivity contribution is -0.171. The number of ether oxygens (including phenoxy) is 3. The molecule has 0 saturated carbocycles. The van der Waals surface area contributed by atoms with Gasteiger partial charge in [0.1, 0.15) is 11.5 Å². The maximum atomic E-state index is 12.7. The highest BCUT2D eigenvalue weighted by Gasteiger charge is 2.71. The Balaban J connectivity index is 1.35. The van der Waals surface area contributed by atoms with E-state index in [0.717, 1.165) is 11.1 Å². The molecular formula is C26H29NO11. The number of aliphatic carboxylic acids is 2. The molecule has 2 bridgehead atoms. The number of piperidine rings is 1. The number of aliphatic hydroxyl groups excluding tert-OH is 1. The van der Waals surface area contributed by atoms with Crippen molar-refractivity contribution < 1.29 is 53.8 Å². The minimum atomic E-state index is -1.86. The summed E-state index contributed by atoms with van der Waals surface area (Å²) in [7, 11) is 1.97. The van der Waals surface area contributed by atoms with Crippen molar-refractivity contribution in [3.8, 4) is 5.75 Å². The number of carbonyl (C=O) groups excluding carboxylic acids is 2. The Hall–Kier alpha value is -3.48. The molecule has 2 unspecified atom stereocenters. The Labute approximate surface area is 217 Å². The number of carboxylic acids is 2. The highest BCUT2D eigenvalue weighted by molar-refractivity contribution is 5.84. The lowest BCUT2D eigenvalue weighted by atomic mass is 9.50. The largest absolute Gasteiger partial charge is 0.481 e. The predicted octanol–water partition coefficient (Wildman–Crippen LogP) is 0.251. The molecule has 2 aliphatic carbocycles. The molecule has 1 aromatic rings. The van der Waals surface area contributed by atoms with Crippen molar-refractivity contribution >= 4 is 23.9 Å². The van der Waals surface area contributed by atoms with Crippen LogP contribution in [0.25, 0.3) is 0 Å². The van der Waals surface area contributed by atoms with E-state index in [0.29, 0.717) is 30.7 Å². The summed E-state index contributed by atoms with van der Waals surface area (Å²) in [6.45, 7) is 0.427. The van der Waals surface area contributed by atoms with Crippen molar-refractivity contribution in [1.29, 1.82) is 0 Å². The fourth-order valence-electron chi connectivity index (χ4n) is 6.57. The molecule has 38 heavy (non-hydrogen) atoms. The van der Waals surface area contributed by atoms with Crippen molar-refractivity contribution in [2.75, 3.05) is 13.6 Å². The number of rotatable bonds is 9. The van der Waals surface area contributed by atoms with E-state index in [4.69, 9.17) is 19.7 Å². The summed E-state index contributed by atoms with van der Waals surface area (Å²) in [4.78, 5) is 48.8. The van der Waals surface area contributed by atoms with Gasteiger partial charge in [0.15, 0.2) is 6.10 Å². The number of carbonyl (C=O) groups is 4. The average molecular weight is 532 g/mol. The lowest BCUT2D eigenvalue weighted by Gasteiger charge is -2.61. The van der Waals surface area contributed by atoms with Crippen LogP contribution in [0.15, 0.2) is 24.0 Å². The molecule has 1 aromatic carbocycles. The Bertz CT molecular complexity index is 1240. The van der Waals surface area contributed by atoms with Crippen LogP contribution in [0.3, 0.4) is 0 Å².